The molecule has 0 spiro atoms. The molecule has 0 bridgehead atoms. The molecule has 0 unspecified atom stereocenters. The predicted molar refractivity (Wildman–Crippen MR) is 79.9 cm³/mol. The molecule has 1 aromatic carbocycles. The maximum absolute atomic E-state index is 11.6. The van der Waals surface area contributed by atoms with E-state index in [4.69, 9.17) is 23.2 Å². The van der Waals surface area contributed by atoms with Crippen molar-refractivity contribution in [1.29, 1.82) is 0 Å². The van der Waals surface area contributed by atoms with Crippen LogP contribution in [0.25, 0.3) is 0 Å². The van der Waals surface area contributed by atoms with Gasteiger partial charge in [0, 0.05) is 13.6 Å². The Morgan fingerprint density at radius 1 is 1.25 bits per heavy atom. The third-order valence-electron chi connectivity index (χ3n) is 2.61. The van der Waals surface area contributed by atoms with Crippen molar-refractivity contribution in [2.75, 3.05) is 27.2 Å². The van der Waals surface area contributed by atoms with Gasteiger partial charge in [-0.15, -0.1) is 0 Å². The minimum absolute atomic E-state index is 0.0267. The van der Waals surface area contributed by atoms with Crippen LogP contribution in [-0.4, -0.2) is 43.9 Å². The van der Waals surface area contributed by atoms with Crippen LogP contribution in [0.1, 0.15) is 5.56 Å². The van der Waals surface area contributed by atoms with Crippen molar-refractivity contribution in [1.82, 2.24) is 15.5 Å². The normalized spacial score (nSPS) is 10.4. The minimum atomic E-state index is -0.237. The summed E-state index contributed by atoms with van der Waals surface area (Å²) in [5.74, 6) is -0.465. The smallest absolute Gasteiger partial charge is 0.239 e. The molecule has 0 atom stereocenters. The van der Waals surface area contributed by atoms with Crippen molar-refractivity contribution in [2.45, 2.75) is 6.54 Å². The number of hydrogen-bond donors (Lipinski definition) is 2. The number of carbonyl (C=O) groups is 2. The summed E-state index contributed by atoms with van der Waals surface area (Å²) in [5.41, 5.74) is 0.848. The largest absolute Gasteiger partial charge is 0.358 e. The molecule has 2 N–H and O–H groups in total. The van der Waals surface area contributed by atoms with E-state index in [0.717, 1.165) is 5.56 Å². The molecule has 0 heterocycles. The summed E-state index contributed by atoms with van der Waals surface area (Å²) in [6, 6.07) is 5.37. The maximum atomic E-state index is 11.6. The SMILES string of the molecule is CNC(=O)CNC(=O)CN(C)Cc1cccc(Cl)c1Cl. The number of nitrogens with one attached hydrogen (secondary N) is 2. The van der Waals surface area contributed by atoms with Gasteiger partial charge in [-0.1, -0.05) is 35.3 Å². The van der Waals surface area contributed by atoms with Gasteiger partial charge in [0.25, 0.3) is 0 Å². The summed E-state index contributed by atoms with van der Waals surface area (Å²) in [6.45, 7) is 0.633. The molecule has 2 amide bonds. The van der Waals surface area contributed by atoms with E-state index >= 15 is 0 Å². The first-order chi connectivity index (χ1) is 9.43. The Morgan fingerprint density at radius 3 is 2.60 bits per heavy atom. The average Bonchev–Trinajstić information content (AvgIpc) is 2.41. The van der Waals surface area contributed by atoms with Gasteiger partial charge in [0.1, 0.15) is 0 Å². The van der Waals surface area contributed by atoms with Gasteiger partial charge in [-0.25, -0.2) is 0 Å². The molecule has 1 aromatic rings. The van der Waals surface area contributed by atoms with Crippen molar-refractivity contribution in [3.63, 3.8) is 0 Å². The van der Waals surface area contributed by atoms with E-state index in [0.29, 0.717) is 16.6 Å². The van der Waals surface area contributed by atoms with Crippen LogP contribution in [0, 0.1) is 0 Å². The first-order valence-corrected chi connectivity index (χ1v) is 6.78. The van der Waals surface area contributed by atoms with Gasteiger partial charge in [0.2, 0.25) is 11.8 Å². The Balaban J connectivity index is 2.47. The molecule has 110 valence electrons. The quantitative estimate of drug-likeness (QED) is 0.831. The molecule has 0 fully saturated rings. The third kappa shape index (κ3) is 5.36. The number of rotatable bonds is 6. The molecule has 5 nitrogen and oxygen atoms in total. The van der Waals surface area contributed by atoms with E-state index in [2.05, 4.69) is 10.6 Å². The average molecular weight is 318 g/mol. The zero-order valence-corrected chi connectivity index (χ0v) is 12.9. The fraction of sp³-hybridized carbons (Fsp3) is 0.385. The lowest BCUT2D eigenvalue weighted by molar-refractivity contribution is -0.126. The van der Waals surface area contributed by atoms with Crippen LogP contribution in [0.3, 0.4) is 0 Å². The number of carbonyl (C=O) groups excluding carboxylic acids is 2. The minimum Gasteiger partial charge on any atom is -0.358 e. The topological polar surface area (TPSA) is 61.4 Å². The standard InChI is InChI=1S/C13H17Cl2N3O2/c1-16-11(19)6-17-12(20)8-18(2)7-9-4-3-5-10(14)13(9)15/h3-5H,6-8H2,1-2H3,(H,16,19)(H,17,20). The number of halogens is 2. The molecule has 1 rings (SSSR count). The number of benzene rings is 1. The summed E-state index contributed by atoms with van der Waals surface area (Å²) in [4.78, 5) is 24.4. The third-order valence-corrected chi connectivity index (χ3v) is 3.47. The summed E-state index contributed by atoms with van der Waals surface area (Å²) in [7, 11) is 3.30. The fourth-order valence-electron chi connectivity index (χ4n) is 1.59. The van der Waals surface area contributed by atoms with Crippen LogP contribution in [-0.2, 0) is 16.1 Å². The molecule has 0 saturated carbocycles. The fourth-order valence-corrected chi connectivity index (χ4v) is 1.97. The lowest BCUT2D eigenvalue weighted by atomic mass is 10.2. The summed E-state index contributed by atoms with van der Waals surface area (Å²) < 4.78 is 0. The highest BCUT2D eigenvalue weighted by Crippen LogP contribution is 2.26. The Hall–Kier alpha value is -1.30. The molecule has 0 aliphatic rings. The second-order valence-corrected chi connectivity index (χ2v) is 5.12. The molecule has 0 aliphatic carbocycles. The van der Waals surface area contributed by atoms with Crippen LogP contribution >= 0.6 is 23.2 Å². The Bertz CT molecular complexity index is 495. The lowest BCUT2D eigenvalue weighted by Crippen LogP contribution is -2.40. The summed E-state index contributed by atoms with van der Waals surface area (Å²) in [5, 5.41) is 5.93. The zero-order valence-electron chi connectivity index (χ0n) is 11.4. The van der Waals surface area contributed by atoms with Crippen LogP contribution in [0.15, 0.2) is 18.2 Å². The van der Waals surface area contributed by atoms with E-state index < -0.39 is 0 Å². The van der Waals surface area contributed by atoms with E-state index in [-0.39, 0.29) is 24.9 Å². The van der Waals surface area contributed by atoms with Crippen LogP contribution < -0.4 is 10.6 Å². The van der Waals surface area contributed by atoms with E-state index in [9.17, 15) is 9.59 Å². The van der Waals surface area contributed by atoms with Crippen molar-refractivity contribution < 1.29 is 9.59 Å². The van der Waals surface area contributed by atoms with E-state index in [1.54, 1.807) is 18.0 Å². The molecule has 0 radical (unpaired) electrons. The van der Waals surface area contributed by atoms with Crippen molar-refractivity contribution in [2.24, 2.45) is 0 Å². The number of likely N-dealkylation sites (N-methyl/N-ethyl adjacent to an activating group) is 2. The van der Waals surface area contributed by atoms with Crippen LogP contribution in [0.4, 0.5) is 0 Å². The Labute approximate surface area is 128 Å². The van der Waals surface area contributed by atoms with Gasteiger partial charge < -0.3 is 10.6 Å². The van der Waals surface area contributed by atoms with Crippen LogP contribution in [0.2, 0.25) is 10.0 Å². The van der Waals surface area contributed by atoms with Gasteiger partial charge in [-0.2, -0.15) is 0 Å². The number of nitrogens with zero attached hydrogens (tertiary/aromatic N) is 1. The molecular formula is C13H17Cl2N3O2. The van der Waals surface area contributed by atoms with Gasteiger partial charge in [0.15, 0.2) is 0 Å². The number of hydrogen-bond acceptors (Lipinski definition) is 3. The molecule has 7 heteroatoms. The first kappa shape index (κ1) is 16.8. The first-order valence-electron chi connectivity index (χ1n) is 6.02. The zero-order chi connectivity index (χ0) is 15.1. The Kier molecular flexibility index (Phi) is 6.78. The predicted octanol–water partition coefficient (Wildman–Crippen LogP) is 1.29. The molecule has 0 saturated heterocycles. The molecule has 0 aromatic heterocycles. The maximum Gasteiger partial charge on any atom is 0.239 e. The highest BCUT2D eigenvalue weighted by Gasteiger charge is 2.11. The van der Waals surface area contributed by atoms with Crippen molar-refractivity contribution in [3.05, 3.63) is 33.8 Å². The Morgan fingerprint density at radius 2 is 1.95 bits per heavy atom. The van der Waals surface area contributed by atoms with E-state index in [1.165, 1.54) is 7.05 Å². The molecule has 0 aliphatic heterocycles. The van der Waals surface area contributed by atoms with Gasteiger partial charge in [-0.3, -0.25) is 14.5 Å². The second-order valence-electron chi connectivity index (χ2n) is 4.34. The van der Waals surface area contributed by atoms with Gasteiger partial charge in [-0.05, 0) is 18.7 Å². The highest BCUT2D eigenvalue weighted by molar-refractivity contribution is 6.42. The lowest BCUT2D eigenvalue weighted by Gasteiger charge is -2.17. The van der Waals surface area contributed by atoms with Crippen LogP contribution in [0.5, 0.6) is 0 Å². The monoisotopic (exact) mass is 317 g/mol. The van der Waals surface area contributed by atoms with E-state index in [1.807, 2.05) is 12.1 Å². The highest BCUT2D eigenvalue weighted by atomic mass is 35.5. The van der Waals surface area contributed by atoms with Crippen molar-refractivity contribution in [3.8, 4) is 0 Å². The molecular weight excluding hydrogens is 301 g/mol. The van der Waals surface area contributed by atoms with Crippen molar-refractivity contribution >= 4 is 35.0 Å². The summed E-state index contributed by atoms with van der Waals surface area (Å²) in [6.07, 6.45) is 0. The number of amides is 2. The van der Waals surface area contributed by atoms with Gasteiger partial charge >= 0.3 is 0 Å². The summed E-state index contributed by atoms with van der Waals surface area (Å²) >= 11 is 12.0. The molecule has 20 heavy (non-hydrogen) atoms. The second kappa shape index (κ2) is 8.09. The van der Waals surface area contributed by atoms with Gasteiger partial charge in [0.05, 0.1) is 23.1 Å².